The van der Waals surface area contributed by atoms with Crippen molar-refractivity contribution < 1.29 is 51.6 Å². The molecule has 1 aromatic heterocycles. The molecule has 6 N–H and O–H groups in total. The molecule has 5 atom stereocenters. The van der Waals surface area contributed by atoms with Crippen LogP contribution in [0.2, 0.25) is 0 Å². The van der Waals surface area contributed by atoms with Crippen LogP contribution in [-0.2, 0) is 42.2 Å². The zero-order valence-corrected chi connectivity index (χ0v) is 23.7. The molecule has 1 fully saturated rings. The third-order valence-electron chi connectivity index (χ3n) is 5.56. The van der Waals surface area contributed by atoms with E-state index in [4.69, 9.17) is 28.8 Å². The second-order valence-corrected chi connectivity index (χ2v) is 13.8. The number of H-pyrrole nitrogens is 1. The molecule has 18 heteroatoms. The highest BCUT2D eigenvalue weighted by Gasteiger charge is 2.51. The van der Waals surface area contributed by atoms with Crippen molar-refractivity contribution in [2.45, 2.75) is 45.6 Å². The summed E-state index contributed by atoms with van der Waals surface area (Å²) in [5.74, 6) is 0. The molecule has 16 nitrogen and oxygen atoms in total. The lowest BCUT2D eigenvalue weighted by molar-refractivity contribution is -0.115. The van der Waals surface area contributed by atoms with Gasteiger partial charge in [-0.1, -0.05) is 27.7 Å². The van der Waals surface area contributed by atoms with Gasteiger partial charge in [-0.3, -0.25) is 27.9 Å². The third-order valence-corrected chi connectivity index (χ3v) is 8.55. The Bertz CT molecular complexity index is 1150. The molecule has 0 saturated carbocycles. The molecule has 2 heterocycles. The Morgan fingerprint density at radius 1 is 1.18 bits per heavy atom. The minimum absolute atomic E-state index is 0.186. The highest BCUT2D eigenvalue weighted by molar-refractivity contribution is 7.61. The van der Waals surface area contributed by atoms with Crippen molar-refractivity contribution in [3.63, 3.8) is 0 Å². The van der Waals surface area contributed by atoms with Gasteiger partial charge >= 0.3 is 21.3 Å². The molecular formula is C20H37N3O13P2. The van der Waals surface area contributed by atoms with Crippen molar-refractivity contribution in [3.05, 3.63) is 33.1 Å². The minimum atomic E-state index is -5.12. The van der Waals surface area contributed by atoms with Crippen LogP contribution in [0.1, 0.15) is 27.7 Å². The van der Waals surface area contributed by atoms with Crippen LogP contribution < -0.4 is 17.0 Å². The van der Waals surface area contributed by atoms with Crippen molar-refractivity contribution in [2.24, 2.45) is 16.6 Å². The second-order valence-electron chi connectivity index (χ2n) is 10.4. The molecule has 1 saturated heterocycles. The number of phosphoric acid groups is 2. The molecular weight excluding hydrogens is 552 g/mol. The monoisotopic (exact) mass is 589 g/mol. The van der Waals surface area contributed by atoms with Crippen molar-refractivity contribution in [3.8, 4) is 0 Å². The second kappa shape index (κ2) is 12.5. The van der Waals surface area contributed by atoms with Gasteiger partial charge in [0.15, 0.2) is 5.72 Å². The van der Waals surface area contributed by atoms with Gasteiger partial charge in [0.1, 0.15) is 12.2 Å². The fourth-order valence-electron chi connectivity index (χ4n) is 3.16. The van der Waals surface area contributed by atoms with Gasteiger partial charge in [0.25, 0.3) is 5.56 Å². The SMILES string of the molecule is COP(=O)(OCC(C)(C)COCC(C)(C)CN)OP(=O)(O)OCC1OCC(O)(n2ccc(=O)[nH]c2=O)C1O. The van der Waals surface area contributed by atoms with Gasteiger partial charge in [0, 0.05) is 30.2 Å². The van der Waals surface area contributed by atoms with Crippen LogP contribution in [0.15, 0.2) is 21.9 Å². The zero-order chi connectivity index (χ0) is 29.0. The number of aliphatic hydroxyl groups is 2. The van der Waals surface area contributed by atoms with E-state index >= 15 is 0 Å². The average Bonchev–Trinajstić information content (AvgIpc) is 3.10. The van der Waals surface area contributed by atoms with Crippen molar-refractivity contribution in [2.75, 3.05) is 46.7 Å². The number of phosphoric ester groups is 2. The topological polar surface area (TPSA) is 231 Å². The normalized spacial score (nSPS) is 25.7. The molecule has 5 unspecified atom stereocenters. The molecule has 0 aromatic carbocycles. The van der Waals surface area contributed by atoms with E-state index in [1.807, 2.05) is 18.8 Å². The number of aromatic nitrogens is 2. The van der Waals surface area contributed by atoms with E-state index in [2.05, 4.69) is 4.31 Å². The Labute approximate surface area is 219 Å². The molecule has 1 aromatic rings. The zero-order valence-electron chi connectivity index (χ0n) is 21.9. The Kier molecular flexibility index (Phi) is 10.8. The summed E-state index contributed by atoms with van der Waals surface area (Å²) < 4.78 is 56.1. The molecule has 2 rings (SSSR count). The van der Waals surface area contributed by atoms with Crippen LogP contribution in [0.4, 0.5) is 0 Å². The summed E-state index contributed by atoms with van der Waals surface area (Å²) in [6.07, 6.45) is -2.30. The molecule has 0 bridgehead atoms. The predicted octanol–water partition coefficient (Wildman–Crippen LogP) is -0.126. The Morgan fingerprint density at radius 3 is 2.39 bits per heavy atom. The summed E-state index contributed by atoms with van der Waals surface area (Å²) in [7, 11) is -8.77. The quantitative estimate of drug-likeness (QED) is 0.168. The Morgan fingerprint density at radius 2 is 1.82 bits per heavy atom. The molecule has 1 aliphatic rings. The Balaban J connectivity index is 1.95. The molecule has 0 amide bonds. The van der Waals surface area contributed by atoms with E-state index in [0.717, 1.165) is 19.4 Å². The van der Waals surface area contributed by atoms with Gasteiger partial charge in [0.05, 0.1) is 33.0 Å². The maximum Gasteiger partial charge on any atom is 0.483 e. The molecule has 220 valence electrons. The number of nitrogens with one attached hydrogen (secondary N) is 1. The van der Waals surface area contributed by atoms with E-state index in [-0.39, 0.29) is 18.6 Å². The van der Waals surface area contributed by atoms with E-state index in [1.54, 1.807) is 13.8 Å². The first kappa shape index (κ1) is 32.9. The minimum Gasteiger partial charge on any atom is -0.385 e. The summed E-state index contributed by atoms with van der Waals surface area (Å²) in [5, 5.41) is 21.2. The maximum atomic E-state index is 12.8. The maximum absolute atomic E-state index is 12.8. The fraction of sp³-hybridized carbons (Fsp3) is 0.800. The number of aliphatic hydroxyl groups excluding tert-OH is 1. The number of hydrogen-bond donors (Lipinski definition) is 5. The van der Waals surface area contributed by atoms with Crippen LogP contribution in [0, 0.1) is 10.8 Å². The fourth-order valence-corrected chi connectivity index (χ4v) is 5.77. The smallest absolute Gasteiger partial charge is 0.385 e. The summed E-state index contributed by atoms with van der Waals surface area (Å²) in [4.78, 5) is 35.3. The van der Waals surface area contributed by atoms with Crippen LogP contribution in [0.5, 0.6) is 0 Å². The first-order chi connectivity index (χ1) is 17.4. The van der Waals surface area contributed by atoms with E-state index in [9.17, 15) is 33.8 Å². The summed E-state index contributed by atoms with van der Waals surface area (Å²) in [6, 6.07) is 0.947. The van der Waals surface area contributed by atoms with Crippen LogP contribution in [0.25, 0.3) is 0 Å². The van der Waals surface area contributed by atoms with Gasteiger partial charge in [0.2, 0.25) is 0 Å². The number of aromatic amines is 1. The van der Waals surface area contributed by atoms with E-state index in [1.165, 1.54) is 0 Å². The van der Waals surface area contributed by atoms with Gasteiger partial charge < -0.3 is 30.3 Å². The highest BCUT2D eigenvalue weighted by Crippen LogP contribution is 2.63. The average molecular weight is 589 g/mol. The summed E-state index contributed by atoms with van der Waals surface area (Å²) in [6.45, 7) is 6.63. The number of ether oxygens (including phenoxy) is 2. The van der Waals surface area contributed by atoms with Crippen molar-refractivity contribution in [1.82, 2.24) is 9.55 Å². The first-order valence-corrected chi connectivity index (χ1v) is 14.4. The number of rotatable bonds is 15. The van der Waals surface area contributed by atoms with Crippen molar-refractivity contribution >= 4 is 15.6 Å². The van der Waals surface area contributed by atoms with Gasteiger partial charge in [-0.15, -0.1) is 0 Å². The van der Waals surface area contributed by atoms with Crippen LogP contribution >= 0.6 is 15.6 Å². The van der Waals surface area contributed by atoms with E-state index < -0.39 is 63.5 Å². The largest absolute Gasteiger partial charge is 0.483 e. The lowest BCUT2D eigenvalue weighted by Gasteiger charge is -2.29. The molecule has 0 aliphatic carbocycles. The Hall–Kier alpha value is -1.26. The van der Waals surface area contributed by atoms with Crippen LogP contribution in [-0.4, -0.2) is 83.6 Å². The highest BCUT2D eigenvalue weighted by atomic mass is 31.3. The lowest BCUT2D eigenvalue weighted by Crippen LogP contribution is -2.52. The molecule has 0 spiro atoms. The van der Waals surface area contributed by atoms with Gasteiger partial charge in [-0.05, 0) is 6.54 Å². The van der Waals surface area contributed by atoms with E-state index in [0.29, 0.717) is 17.7 Å². The van der Waals surface area contributed by atoms with Crippen LogP contribution in [0.3, 0.4) is 0 Å². The van der Waals surface area contributed by atoms with Gasteiger partial charge in [-0.25, -0.2) is 13.9 Å². The first-order valence-electron chi connectivity index (χ1n) is 11.5. The van der Waals surface area contributed by atoms with Crippen molar-refractivity contribution in [1.29, 1.82) is 0 Å². The number of nitrogens with zero attached hydrogens (tertiary/aromatic N) is 1. The molecule has 0 radical (unpaired) electrons. The lowest BCUT2D eigenvalue weighted by atomic mass is 9.94. The molecule has 1 aliphatic heterocycles. The molecule has 38 heavy (non-hydrogen) atoms. The summed E-state index contributed by atoms with van der Waals surface area (Å²) in [5.41, 5.74) is 0.676. The predicted molar refractivity (Wildman–Crippen MR) is 132 cm³/mol. The number of hydrogen-bond acceptors (Lipinski definition) is 13. The number of nitrogens with two attached hydrogens (primary N) is 1. The summed E-state index contributed by atoms with van der Waals surface area (Å²) >= 11 is 0. The van der Waals surface area contributed by atoms with Gasteiger partial charge in [-0.2, -0.15) is 4.31 Å². The third kappa shape index (κ3) is 8.88. The standard InChI is InChI=1S/C20H37N3O13P2/c1-18(2,9-21)10-32-11-19(3,4)12-35-38(30,31-5)36-37(28,29)34-8-14-16(25)20(27,13-33-14)23-7-6-15(24)22-17(23)26/h6-7,14,16,25,27H,8-13,21H2,1-5H3,(H,28,29)(H,22,24,26).